The summed E-state index contributed by atoms with van der Waals surface area (Å²) in [6.07, 6.45) is 0. The maximum Gasteiger partial charge on any atom is 0.335 e. The molecule has 0 fully saturated rings. The highest BCUT2D eigenvalue weighted by Crippen LogP contribution is 2.31. The molecule has 3 rings (SSSR count). The van der Waals surface area contributed by atoms with Gasteiger partial charge in [0.05, 0.1) is 12.2 Å². The van der Waals surface area contributed by atoms with Gasteiger partial charge in [-0.1, -0.05) is 54.1 Å². The largest absolute Gasteiger partial charge is 0.478 e. The van der Waals surface area contributed by atoms with Crippen LogP contribution in [0, 0.1) is 0 Å². The summed E-state index contributed by atoms with van der Waals surface area (Å²) in [5.74, 6) is -0.981. The molecular weight excluding hydrogens is 324 g/mol. The third-order valence-electron chi connectivity index (χ3n) is 3.85. The Balaban J connectivity index is 1.98. The molecule has 0 bridgehead atoms. The van der Waals surface area contributed by atoms with E-state index >= 15 is 0 Å². The summed E-state index contributed by atoms with van der Waals surface area (Å²) in [6.45, 7) is 0.00348. The molecule has 3 aromatic rings. The molecule has 3 aromatic carbocycles. The Bertz CT molecular complexity index is 886. The van der Waals surface area contributed by atoms with Crippen molar-refractivity contribution >= 4 is 17.6 Å². The summed E-state index contributed by atoms with van der Waals surface area (Å²) in [7, 11) is 0. The van der Waals surface area contributed by atoms with E-state index in [1.807, 2.05) is 48.5 Å². The van der Waals surface area contributed by atoms with Gasteiger partial charge in [-0.25, -0.2) is 4.79 Å². The monoisotopic (exact) mass is 338 g/mol. The number of hydrogen-bond acceptors (Lipinski definition) is 2. The van der Waals surface area contributed by atoms with Crippen LogP contribution in [0.1, 0.15) is 15.9 Å². The van der Waals surface area contributed by atoms with Gasteiger partial charge >= 0.3 is 5.97 Å². The molecule has 0 aliphatic heterocycles. The maximum atomic E-state index is 11.1. The van der Waals surface area contributed by atoms with E-state index in [4.69, 9.17) is 16.7 Å². The first-order chi connectivity index (χ1) is 11.6. The molecule has 0 unspecified atom stereocenters. The van der Waals surface area contributed by atoms with Crippen LogP contribution in [0.25, 0.3) is 22.3 Å². The van der Waals surface area contributed by atoms with Crippen LogP contribution in [-0.4, -0.2) is 16.2 Å². The van der Waals surface area contributed by atoms with E-state index in [-0.39, 0.29) is 12.2 Å². The number of carboxylic acid groups (broad SMARTS) is 1. The number of hydrogen-bond donors (Lipinski definition) is 2. The summed E-state index contributed by atoms with van der Waals surface area (Å²) >= 11 is 6.21. The lowest BCUT2D eigenvalue weighted by Gasteiger charge is -2.08. The molecule has 0 heterocycles. The summed E-state index contributed by atoms with van der Waals surface area (Å²) in [4.78, 5) is 11.1. The average molecular weight is 339 g/mol. The smallest absolute Gasteiger partial charge is 0.335 e. The molecule has 120 valence electrons. The minimum atomic E-state index is -0.981. The van der Waals surface area contributed by atoms with E-state index in [1.165, 1.54) is 6.07 Å². The van der Waals surface area contributed by atoms with Crippen LogP contribution >= 0.6 is 11.6 Å². The van der Waals surface area contributed by atoms with E-state index in [0.717, 1.165) is 22.3 Å². The van der Waals surface area contributed by atoms with Crippen molar-refractivity contribution in [2.75, 3.05) is 0 Å². The first-order valence-corrected chi connectivity index (χ1v) is 7.80. The van der Waals surface area contributed by atoms with Crippen molar-refractivity contribution in [1.29, 1.82) is 0 Å². The van der Waals surface area contributed by atoms with Crippen LogP contribution in [0.4, 0.5) is 0 Å². The average Bonchev–Trinajstić information content (AvgIpc) is 2.62. The van der Waals surface area contributed by atoms with Crippen molar-refractivity contribution in [3.05, 3.63) is 82.9 Å². The number of aliphatic hydroxyl groups is 1. The molecule has 0 spiro atoms. The van der Waals surface area contributed by atoms with Crippen LogP contribution in [0.5, 0.6) is 0 Å². The normalized spacial score (nSPS) is 10.6. The highest BCUT2D eigenvalue weighted by Gasteiger charge is 2.09. The first-order valence-electron chi connectivity index (χ1n) is 7.42. The fourth-order valence-electron chi connectivity index (χ4n) is 2.57. The summed E-state index contributed by atoms with van der Waals surface area (Å²) in [5, 5.41) is 18.9. The number of rotatable bonds is 4. The SMILES string of the molecule is O=C(O)c1ccc(Cl)c(-c2ccc(-c3cccc(CO)c3)cc2)c1. The van der Waals surface area contributed by atoms with Gasteiger partial charge in [0.25, 0.3) is 0 Å². The minimum absolute atomic E-state index is 0.00348. The number of carboxylic acids is 1. The van der Waals surface area contributed by atoms with Crippen LogP contribution < -0.4 is 0 Å². The molecule has 24 heavy (non-hydrogen) atoms. The summed E-state index contributed by atoms with van der Waals surface area (Å²) in [6, 6.07) is 20.1. The molecule has 0 saturated heterocycles. The maximum absolute atomic E-state index is 11.1. The van der Waals surface area contributed by atoms with Crippen molar-refractivity contribution in [2.45, 2.75) is 6.61 Å². The van der Waals surface area contributed by atoms with Gasteiger partial charge in [-0.3, -0.25) is 0 Å². The number of halogens is 1. The molecule has 2 N–H and O–H groups in total. The first kappa shape index (κ1) is 16.2. The van der Waals surface area contributed by atoms with Crippen LogP contribution in [0.2, 0.25) is 5.02 Å². The highest BCUT2D eigenvalue weighted by atomic mass is 35.5. The molecule has 0 aliphatic carbocycles. The van der Waals surface area contributed by atoms with Crippen LogP contribution in [0.3, 0.4) is 0 Å². The quantitative estimate of drug-likeness (QED) is 0.714. The van der Waals surface area contributed by atoms with E-state index in [1.54, 1.807) is 12.1 Å². The van der Waals surface area contributed by atoms with Gasteiger partial charge in [0.2, 0.25) is 0 Å². The number of carbonyl (C=O) groups is 1. The van der Waals surface area contributed by atoms with E-state index in [2.05, 4.69) is 0 Å². The Labute approximate surface area is 144 Å². The van der Waals surface area contributed by atoms with Crippen LogP contribution in [0.15, 0.2) is 66.7 Å². The highest BCUT2D eigenvalue weighted by molar-refractivity contribution is 6.33. The van der Waals surface area contributed by atoms with Crippen molar-refractivity contribution in [3.63, 3.8) is 0 Å². The van der Waals surface area contributed by atoms with Crippen molar-refractivity contribution in [3.8, 4) is 22.3 Å². The Kier molecular flexibility index (Phi) is 4.65. The number of aromatic carboxylic acids is 1. The van der Waals surface area contributed by atoms with Gasteiger partial charge in [-0.05, 0) is 46.5 Å². The zero-order valence-electron chi connectivity index (χ0n) is 12.7. The predicted octanol–water partition coefficient (Wildman–Crippen LogP) is 4.86. The van der Waals surface area contributed by atoms with Gasteiger partial charge in [-0.15, -0.1) is 0 Å². The topological polar surface area (TPSA) is 57.5 Å². The third-order valence-corrected chi connectivity index (χ3v) is 4.18. The molecular formula is C20H15ClO3. The number of aliphatic hydroxyl groups excluding tert-OH is 1. The molecule has 0 aliphatic rings. The Morgan fingerprint density at radius 3 is 2.25 bits per heavy atom. The van der Waals surface area contributed by atoms with E-state index in [0.29, 0.717) is 10.6 Å². The van der Waals surface area contributed by atoms with E-state index in [9.17, 15) is 9.90 Å². The van der Waals surface area contributed by atoms with Crippen molar-refractivity contribution < 1.29 is 15.0 Å². The van der Waals surface area contributed by atoms with Crippen molar-refractivity contribution in [1.82, 2.24) is 0 Å². The molecule has 0 radical (unpaired) electrons. The molecule has 3 nitrogen and oxygen atoms in total. The molecule has 0 saturated carbocycles. The van der Waals surface area contributed by atoms with Gasteiger partial charge in [-0.2, -0.15) is 0 Å². The summed E-state index contributed by atoms with van der Waals surface area (Å²) in [5.41, 5.74) is 4.62. The lowest BCUT2D eigenvalue weighted by Crippen LogP contribution is -1.96. The van der Waals surface area contributed by atoms with Gasteiger partial charge in [0.1, 0.15) is 0 Å². The van der Waals surface area contributed by atoms with E-state index < -0.39 is 5.97 Å². The molecule has 0 atom stereocenters. The lowest BCUT2D eigenvalue weighted by atomic mass is 9.98. The second-order valence-corrected chi connectivity index (χ2v) is 5.84. The fourth-order valence-corrected chi connectivity index (χ4v) is 2.80. The molecule has 4 heteroatoms. The van der Waals surface area contributed by atoms with Gasteiger partial charge < -0.3 is 10.2 Å². The van der Waals surface area contributed by atoms with Crippen molar-refractivity contribution in [2.24, 2.45) is 0 Å². The van der Waals surface area contributed by atoms with Gasteiger partial charge in [0, 0.05) is 10.6 Å². The summed E-state index contributed by atoms with van der Waals surface area (Å²) < 4.78 is 0. The third kappa shape index (κ3) is 3.32. The molecule has 0 aromatic heterocycles. The predicted molar refractivity (Wildman–Crippen MR) is 95.2 cm³/mol. The molecule has 0 amide bonds. The second kappa shape index (κ2) is 6.87. The fraction of sp³-hybridized carbons (Fsp3) is 0.0500. The number of benzene rings is 3. The zero-order valence-corrected chi connectivity index (χ0v) is 13.5. The van der Waals surface area contributed by atoms with Gasteiger partial charge in [0.15, 0.2) is 0 Å². The minimum Gasteiger partial charge on any atom is -0.478 e. The Hall–Kier alpha value is -2.62. The lowest BCUT2D eigenvalue weighted by molar-refractivity contribution is 0.0697. The Morgan fingerprint density at radius 2 is 1.58 bits per heavy atom. The second-order valence-electron chi connectivity index (χ2n) is 5.44. The Morgan fingerprint density at radius 1 is 0.875 bits per heavy atom. The van der Waals surface area contributed by atoms with Crippen LogP contribution in [-0.2, 0) is 6.61 Å². The standard InChI is InChI=1S/C20H15ClO3/c21-19-9-8-17(20(23)24)11-18(19)15-6-4-14(5-7-15)16-3-1-2-13(10-16)12-22/h1-11,22H,12H2,(H,23,24). The zero-order chi connectivity index (χ0) is 17.1.